The van der Waals surface area contributed by atoms with E-state index in [1.165, 1.54) is 6.42 Å². The van der Waals surface area contributed by atoms with E-state index in [2.05, 4.69) is 31.8 Å². The zero-order valence-electron chi connectivity index (χ0n) is 25.1. The van der Waals surface area contributed by atoms with Crippen LogP contribution in [0.1, 0.15) is 70.3 Å². The number of rotatable bonds is 10. The highest BCUT2D eigenvalue weighted by atomic mass is 16.6. The molecular formula is C32H47N5O5. The second-order valence-corrected chi connectivity index (χ2v) is 12.6. The lowest BCUT2D eigenvalue weighted by molar-refractivity contribution is -0.146. The summed E-state index contributed by atoms with van der Waals surface area (Å²) in [7, 11) is 1.77. The molecule has 4 fully saturated rings. The Labute approximate surface area is 249 Å². The van der Waals surface area contributed by atoms with E-state index in [9.17, 15) is 19.2 Å². The van der Waals surface area contributed by atoms with Crippen LogP contribution in [-0.4, -0.2) is 90.9 Å². The maximum atomic E-state index is 14.1. The van der Waals surface area contributed by atoms with Crippen molar-refractivity contribution in [1.29, 1.82) is 0 Å². The van der Waals surface area contributed by atoms with Crippen molar-refractivity contribution in [3.05, 3.63) is 29.8 Å². The highest BCUT2D eigenvalue weighted by Crippen LogP contribution is 2.34. The number of hydrogen-bond donors (Lipinski definition) is 3. The molecule has 10 heteroatoms. The van der Waals surface area contributed by atoms with Crippen LogP contribution in [0.15, 0.2) is 24.3 Å². The molecular weight excluding hydrogens is 534 g/mol. The molecule has 0 spiro atoms. The van der Waals surface area contributed by atoms with Crippen molar-refractivity contribution in [3.8, 4) is 0 Å². The Kier molecular flexibility index (Phi) is 10.2. The topological polar surface area (TPSA) is 120 Å². The number of amides is 3. The molecule has 5 rings (SSSR count). The molecule has 5 atom stereocenters. The van der Waals surface area contributed by atoms with E-state index in [0.717, 1.165) is 76.7 Å². The Morgan fingerprint density at radius 2 is 1.83 bits per heavy atom. The van der Waals surface area contributed by atoms with Gasteiger partial charge in [-0.3, -0.25) is 19.2 Å². The minimum atomic E-state index is -0.711. The molecule has 3 heterocycles. The summed E-state index contributed by atoms with van der Waals surface area (Å²) in [5, 5.41) is 9.04. The van der Waals surface area contributed by atoms with E-state index < -0.39 is 12.1 Å². The lowest BCUT2D eigenvalue weighted by Gasteiger charge is -2.41. The third-order valence-electron chi connectivity index (χ3n) is 9.83. The summed E-state index contributed by atoms with van der Waals surface area (Å²) in [6.07, 6.45) is 8.33. The first-order valence-electron chi connectivity index (χ1n) is 15.9. The SMILES string of the molecule is CNC(C)C(=O)NC(C(=O)N1CCC2CCN(CCc3cccc(NC(=O)C4CCC(=O)O4)c3)CC21)C1CCCCC1. The summed E-state index contributed by atoms with van der Waals surface area (Å²) in [5.74, 6) is 0.0929. The molecule has 3 saturated heterocycles. The Balaban J connectivity index is 1.18. The number of hydrogen-bond acceptors (Lipinski definition) is 7. The van der Waals surface area contributed by atoms with E-state index >= 15 is 0 Å². The first-order valence-corrected chi connectivity index (χ1v) is 15.9. The van der Waals surface area contributed by atoms with Crippen LogP contribution in [0.2, 0.25) is 0 Å². The number of nitrogens with zero attached hydrogens (tertiary/aromatic N) is 2. The van der Waals surface area contributed by atoms with Gasteiger partial charge in [-0.05, 0) is 82.2 Å². The Hall–Kier alpha value is -2.98. The molecule has 1 aromatic rings. The number of likely N-dealkylation sites (tertiary alicyclic amines) is 2. The van der Waals surface area contributed by atoms with Crippen LogP contribution in [0.3, 0.4) is 0 Å². The number of fused-ring (bicyclic) bond motifs is 1. The van der Waals surface area contributed by atoms with Gasteiger partial charge in [0.2, 0.25) is 11.8 Å². The molecule has 3 N–H and O–H groups in total. The Morgan fingerprint density at radius 3 is 2.57 bits per heavy atom. The van der Waals surface area contributed by atoms with E-state index in [4.69, 9.17) is 4.74 Å². The molecule has 3 amide bonds. The van der Waals surface area contributed by atoms with E-state index in [1.54, 1.807) is 7.05 Å². The molecule has 10 nitrogen and oxygen atoms in total. The number of cyclic esters (lactones) is 1. The minimum Gasteiger partial charge on any atom is -0.452 e. The number of piperidine rings is 1. The molecule has 0 bridgehead atoms. The van der Waals surface area contributed by atoms with Crippen LogP contribution in [-0.2, 0) is 30.3 Å². The molecule has 0 aromatic heterocycles. The second-order valence-electron chi connectivity index (χ2n) is 12.6. The maximum absolute atomic E-state index is 14.1. The van der Waals surface area contributed by atoms with Gasteiger partial charge < -0.3 is 30.5 Å². The molecule has 42 heavy (non-hydrogen) atoms. The zero-order valence-corrected chi connectivity index (χ0v) is 25.1. The van der Waals surface area contributed by atoms with Crippen molar-refractivity contribution >= 4 is 29.4 Å². The van der Waals surface area contributed by atoms with Gasteiger partial charge in [-0.15, -0.1) is 0 Å². The first kappa shape index (κ1) is 30.5. The van der Waals surface area contributed by atoms with Gasteiger partial charge in [-0.2, -0.15) is 0 Å². The number of anilines is 1. The fourth-order valence-electron chi connectivity index (χ4n) is 7.14. The summed E-state index contributed by atoms with van der Waals surface area (Å²) in [6.45, 7) is 5.32. The largest absolute Gasteiger partial charge is 0.452 e. The Bertz CT molecular complexity index is 1140. The second kappa shape index (κ2) is 14.0. The quantitative estimate of drug-likeness (QED) is 0.363. The predicted octanol–water partition coefficient (Wildman–Crippen LogP) is 2.47. The van der Waals surface area contributed by atoms with Gasteiger partial charge in [-0.25, -0.2) is 0 Å². The number of nitrogens with one attached hydrogen (secondary N) is 3. The van der Waals surface area contributed by atoms with E-state index in [0.29, 0.717) is 18.0 Å². The molecule has 230 valence electrons. The smallest absolute Gasteiger partial charge is 0.306 e. The maximum Gasteiger partial charge on any atom is 0.306 e. The third-order valence-corrected chi connectivity index (χ3v) is 9.83. The normalized spacial score (nSPS) is 26.3. The number of benzene rings is 1. The summed E-state index contributed by atoms with van der Waals surface area (Å²) in [6, 6.07) is 7.22. The van der Waals surface area contributed by atoms with Crippen LogP contribution >= 0.6 is 0 Å². The minimum absolute atomic E-state index is 0.101. The monoisotopic (exact) mass is 581 g/mol. The first-order chi connectivity index (χ1) is 20.3. The van der Waals surface area contributed by atoms with Crippen LogP contribution in [0.4, 0.5) is 5.69 Å². The van der Waals surface area contributed by atoms with Crippen LogP contribution in [0.5, 0.6) is 0 Å². The van der Waals surface area contributed by atoms with E-state index in [1.807, 2.05) is 25.1 Å². The summed E-state index contributed by atoms with van der Waals surface area (Å²) in [4.78, 5) is 55.3. The average molecular weight is 582 g/mol. The summed E-state index contributed by atoms with van der Waals surface area (Å²) >= 11 is 0. The van der Waals surface area contributed by atoms with Crippen LogP contribution < -0.4 is 16.0 Å². The van der Waals surface area contributed by atoms with Crippen molar-refractivity contribution in [2.45, 2.75) is 95.4 Å². The van der Waals surface area contributed by atoms with Gasteiger partial charge in [0.25, 0.3) is 5.91 Å². The molecule has 0 radical (unpaired) electrons. The van der Waals surface area contributed by atoms with Gasteiger partial charge >= 0.3 is 5.97 Å². The van der Waals surface area contributed by atoms with Gasteiger partial charge in [0.05, 0.1) is 6.04 Å². The van der Waals surface area contributed by atoms with Gasteiger partial charge in [0, 0.05) is 44.2 Å². The van der Waals surface area contributed by atoms with Crippen LogP contribution in [0.25, 0.3) is 0 Å². The lowest BCUT2D eigenvalue weighted by Crippen LogP contribution is -2.58. The summed E-state index contributed by atoms with van der Waals surface area (Å²) < 4.78 is 5.09. The van der Waals surface area contributed by atoms with Crippen molar-refractivity contribution in [1.82, 2.24) is 20.4 Å². The zero-order chi connectivity index (χ0) is 29.6. The van der Waals surface area contributed by atoms with Crippen molar-refractivity contribution in [3.63, 3.8) is 0 Å². The number of ether oxygens (including phenoxy) is 1. The third kappa shape index (κ3) is 7.32. The molecule has 4 aliphatic rings. The van der Waals surface area contributed by atoms with Gasteiger partial charge in [-0.1, -0.05) is 31.4 Å². The molecule has 1 aromatic carbocycles. The summed E-state index contributed by atoms with van der Waals surface area (Å²) in [5.41, 5.74) is 1.83. The van der Waals surface area contributed by atoms with Gasteiger partial charge in [0.15, 0.2) is 6.10 Å². The number of likely N-dealkylation sites (N-methyl/N-ethyl adjacent to an activating group) is 1. The fraction of sp³-hybridized carbons (Fsp3) is 0.688. The molecule has 5 unspecified atom stereocenters. The van der Waals surface area contributed by atoms with Crippen LogP contribution in [0, 0.1) is 11.8 Å². The number of esters is 1. The highest BCUT2D eigenvalue weighted by Gasteiger charge is 2.44. The molecule has 1 saturated carbocycles. The number of carbonyl (C=O) groups excluding carboxylic acids is 4. The van der Waals surface area contributed by atoms with Crippen molar-refractivity contribution in [2.24, 2.45) is 11.8 Å². The Morgan fingerprint density at radius 1 is 1.05 bits per heavy atom. The average Bonchev–Trinajstić information content (AvgIpc) is 3.64. The standard InChI is InChI=1S/C32H47N5O5/c1-21(33-2)30(39)35-29(24-8-4-3-5-9-24)32(41)37-18-15-23-14-17-36(20-26(23)37)16-13-22-7-6-10-25(19-22)34-31(40)27-11-12-28(38)42-27/h6-7,10,19,21,23-24,26-27,29,33H,3-5,8-9,11-18,20H2,1-2H3,(H,34,40)(H,35,39). The molecule has 3 aliphatic heterocycles. The predicted molar refractivity (Wildman–Crippen MR) is 160 cm³/mol. The lowest BCUT2D eigenvalue weighted by atomic mass is 9.83. The number of carbonyl (C=O) groups is 4. The highest BCUT2D eigenvalue weighted by molar-refractivity contribution is 5.96. The van der Waals surface area contributed by atoms with Gasteiger partial charge in [0.1, 0.15) is 6.04 Å². The molecule has 1 aliphatic carbocycles. The van der Waals surface area contributed by atoms with E-state index in [-0.39, 0.29) is 48.1 Å². The van der Waals surface area contributed by atoms with Crippen molar-refractivity contribution in [2.75, 3.05) is 38.5 Å². The fourth-order valence-corrected chi connectivity index (χ4v) is 7.14. The van der Waals surface area contributed by atoms with Crippen molar-refractivity contribution < 1.29 is 23.9 Å².